The molecule has 1 aromatic heterocycles. The van der Waals surface area contributed by atoms with Gasteiger partial charge in [0.05, 0.1) is 38.2 Å². The van der Waals surface area contributed by atoms with Crippen molar-refractivity contribution in [2.24, 2.45) is 5.10 Å². The molecule has 1 aliphatic carbocycles. The van der Waals surface area contributed by atoms with Crippen LogP contribution in [0, 0.1) is 0 Å². The molecular formula is C29H28BrN3O8S. The number of carbonyl (C=O) groups excluding carboxylic acids is 4. The van der Waals surface area contributed by atoms with E-state index >= 15 is 0 Å². The van der Waals surface area contributed by atoms with Gasteiger partial charge >= 0.3 is 23.8 Å². The largest absolute Gasteiger partial charge is 0.493 e. The van der Waals surface area contributed by atoms with Crippen LogP contribution >= 0.6 is 27.3 Å². The molecule has 42 heavy (non-hydrogen) atoms. The fourth-order valence-corrected chi connectivity index (χ4v) is 5.93. The molecule has 3 aromatic rings. The second-order valence-corrected chi connectivity index (χ2v) is 11.0. The van der Waals surface area contributed by atoms with Crippen LogP contribution in [0.25, 0.3) is 0 Å². The highest BCUT2D eigenvalue weighted by Crippen LogP contribution is 2.38. The van der Waals surface area contributed by atoms with Crippen LogP contribution in [-0.2, 0) is 27.2 Å². The molecule has 1 aliphatic rings. The monoisotopic (exact) mass is 657 g/mol. The number of nitrogens with one attached hydrogen (secondary N) is 2. The molecule has 0 fully saturated rings. The van der Waals surface area contributed by atoms with Crippen molar-refractivity contribution in [1.82, 2.24) is 5.43 Å². The number of hydrogen-bond acceptors (Lipinski definition) is 10. The van der Waals surface area contributed by atoms with Crippen molar-refractivity contribution in [2.75, 3.05) is 26.1 Å². The van der Waals surface area contributed by atoms with Gasteiger partial charge in [0, 0.05) is 14.9 Å². The molecule has 0 unspecified atom stereocenters. The van der Waals surface area contributed by atoms with Gasteiger partial charge < -0.3 is 24.3 Å². The Morgan fingerprint density at radius 3 is 2.43 bits per heavy atom. The molecule has 0 atom stereocenters. The first-order valence-electron chi connectivity index (χ1n) is 13.0. The lowest BCUT2D eigenvalue weighted by Gasteiger charge is -2.12. The Labute approximate surface area is 254 Å². The number of thiophene rings is 1. The van der Waals surface area contributed by atoms with E-state index in [-0.39, 0.29) is 22.9 Å². The number of aryl methyl sites for hydroxylation is 1. The molecule has 220 valence electrons. The molecule has 0 bridgehead atoms. The molecule has 1 heterocycles. The number of anilines is 1. The fraction of sp³-hybridized carbons (Fsp3) is 0.276. The minimum absolute atomic E-state index is 0.156. The van der Waals surface area contributed by atoms with E-state index in [2.05, 4.69) is 31.8 Å². The Morgan fingerprint density at radius 1 is 0.952 bits per heavy atom. The maximum Gasteiger partial charge on any atom is 0.343 e. The number of esters is 2. The van der Waals surface area contributed by atoms with Gasteiger partial charge in [-0.3, -0.25) is 9.59 Å². The SMILES string of the molecule is CCOC(=O)c1c(NC(=O)C(=O)N/N=C/c2cc(Br)ccc2OC(=O)c2ccc(OC)c(OC)c2)sc2c1CCCC2. The van der Waals surface area contributed by atoms with E-state index in [9.17, 15) is 19.2 Å². The highest BCUT2D eigenvalue weighted by molar-refractivity contribution is 9.10. The molecule has 0 saturated carbocycles. The van der Waals surface area contributed by atoms with Crippen LogP contribution in [0.5, 0.6) is 17.2 Å². The number of halogens is 1. The van der Waals surface area contributed by atoms with Crippen molar-refractivity contribution in [2.45, 2.75) is 32.6 Å². The third kappa shape index (κ3) is 7.15. The number of hydrogen-bond donors (Lipinski definition) is 2. The van der Waals surface area contributed by atoms with Crippen LogP contribution in [0.15, 0.2) is 46.0 Å². The Hall–Kier alpha value is -4.23. The molecule has 0 saturated heterocycles. The minimum Gasteiger partial charge on any atom is -0.493 e. The Kier molecular flexibility index (Phi) is 10.3. The minimum atomic E-state index is -1.05. The van der Waals surface area contributed by atoms with Crippen molar-refractivity contribution >= 4 is 62.2 Å². The van der Waals surface area contributed by atoms with Crippen LogP contribution < -0.4 is 25.0 Å². The summed E-state index contributed by atoms with van der Waals surface area (Å²) in [6.07, 6.45) is 4.66. The quantitative estimate of drug-likeness (QED) is 0.109. The Balaban J connectivity index is 1.45. The summed E-state index contributed by atoms with van der Waals surface area (Å²) in [5.41, 5.74) is 3.90. The highest BCUT2D eigenvalue weighted by atomic mass is 79.9. The molecule has 0 radical (unpaired) electrons. The van der Waals surface area contributed by atoms with Crippen molar-refractivity contribution < 1.29 is 38.1 Å². The lowest BCUT2D eigenvalue weighted by molar-refractivity contribution is -0.136. The van der Waals surface area contributed by atoms with Gasteiger partial charge in [-0.15, -0.1) is 11.3 Å². The summed E-state index contributed by atoms with van der Waals surface area (Å²) in [6.45, 7) is 1.89. The first-order chi connectivity index (χ1) is 20.2. The summed E-state index contributed by atoms with van der Waals surface area (Å²) in [4.78, 5) is 51.7. The zero-order valence-corrected chi connectivity index (χ0v) is 25.5. The second kappa shape index (κ2) is 14.1. The summed E-state index contributed by atoms with van der Waals surface area (Å²) in [6, 6.07) is 9.45. The average Bonchev–Trinajstić information content (AvgIpc) is 3.35. The molecule has 4 rings (SSSR count). The van der Waals surface area contributed by atoms with Gasteiger partial charge in [0.2, 0.25) is 0 Å². The van der Waals surface area contributed by atoms with Gasteiger partial charge in [0.1, 0.15) is 10.8 Å². The zero-order valence-electron chi connectivity index (χ0n) is 23.1. The molecule has 2 N–H and O–H groups in total. The van der Waals surface area contributed by atoms with E-state index in [1.807, 2.05) is 0 Å². The van der Waals surface area contributed by atoms with E-state index in [0.29, 0.717) is 33.5 Å². The van der Waals surface area contributed by atoms with Crippen LogP contribution in [0.1, 0.15) is 56.5 Å². The van der Waals surface area contributed by atoms with Gasteiger partial charge in [-0.25, -0.2) is 15.0 Å². The van der Waals surface area contributed by atoms with Crippen LogP contribution in [0.3, 0.4) is 0 Å². The number of carbonyl (C=O) groups is 4. The number of benzene rings is 2. The van der Waals surface area contributed by atoms with Gasteiger partial charge in [-0.1, -0.05) is 15.9 Å². The molecule has 11 nitrogen and oxygen atoms in total. The molecule has 0 spiro atoms. The first-order valence-corrected chi connectivity index (χ1v) is 14.6. The number of fused-ring (bicyclic) bond motifs is 1. The third-order valence-electron chi connectivity index (χ3n) is 6.25. The lowest BCUT2D eigenvalue weighted by atomic mass is 9.95. The van der Waals surface area contributed by atoms with Crippen molar-refractivity contribution in [3.63, 3.8) is 0 Å². The predicted molar refractivity (Wildman–Crippen MR) is 160 cm³/mol. The summed E-state index contributed by atoms with van der Waals surface area (Å²) < 4.78 is 21.8. The summed E-state index contributed by atoms with van der Waals surface area (Å²) in [5.74, 6) is -2.26. The van der Waals surface area contributed by atoms with E-state index < -0.39 is 23.8 Å². The number of ether oxygens (including phenoxy) is 4. The number of rotatable bonds is 9. The number of nitrogens with zero attached hydrogens (tertiary/aromatic N) is 1. The zero-order chi connectivity index (χ0) is 30.2. The van der Waals surface area contributed by atoms with Gasteiger partial charge in [0.15, 0.2) is 11.5 Å². The van der Waals surface area contributed by atoms with E-state index in [1.54, 1.807) is 31.2 Å². The first kappa shape index (κ1) is 30.7. The molecular weight excluding hydrogens is 630 g/mol. The Morgan fingerprint density at radius 2 is 1.69 bits per heavy atom. The standard InChI is InChI=1S/C29H28BrN3O8S/c1-4-40-29(37)24-19-7-5-6-8-23(19)42-27(24)32-25(34)26(35)33-31-15-17-13-18(30)10-12-20(17)41-28(36)16-9-11-21(38-2)22(14-16)39-3/h9-15H,4-8H2,1-3H3,(H,32,34)(H,33,35)/b31-15+. The number of amides is 2. The maximum atomic E-state index is 12.8. The smallest absolute Gasteiger partial charge is 0.343 e. The van der Waals surface area contributed by atoms with Crippen LogP contribution in [0.4, 0.5) is 5.00 Å². The predicted octanol–water partition coefficient (Wildman–Crippen LogP) is 4.89. The van der Waals surface area contributed by atoms with E-state index in [0.717, 1.165) is 29.7 Å². The molecule has 2 amide bonds. The summed E-state index contributed by atoms with van der Waals surface area (Å²) in [7, 11) is 2.94. The number of methoxy groups -OCH3 is 2. The fourth-order valence-electron chi connectivity index (χ4n) is 4.28. The lowest BCUT2D eigenvalue weighted by Crippen LogP contribution is -2.32. The van der Waals surface area contributed by atoms with Gasteiger partial charge in [-0.2, -0.15) is 5.10 Å². The number of hydrazone groups is 1. The van der Waals surface area contributed by atoms with Crippen molar-refractivity contribution in [3.8, 4) is 17.2 Å². The highest BCUT2D eigenvalue weighted by Gasteiger charge is 2.28. The maximum absolute atomic E-state index is 12.8. The molecule has 0 aliphatic heterocycles. The van der Waals surface area contributed by atoms with Gasteiger partial charge in [0.25, 0.3) is 0 Å². The molecule has 13 heteroatoms. The van der Waals surface area contributed by atoms with Crippen molar-refractivity contribution in [3.05, 3.63) is 68.0 Å². The second-order valence-electron chi connectivity index (χ2n) is 8.93. The van der Waals surface area contributed by atoms with Crippen molar-refractivity contribution in [1.29, 1.82) is 0 Å². The third-order valence-corrected chi connectivity index (χ3v) is 7.95. The average molecular weight is 659 g/mol. The summed E-state index contributed by atoms with van der Waals surface area (Å²) >= 11 is 4.63. The topological polar surface area (TPSA) is 142 Å². The summed E-state index contributed by atoms with van der Waals surface area (Å²) in [5, 5.41) is 6.68. The van der Waals surface area contributed by atoms with Crippen LogP contribution in [-0.4, -0.2) is 50.8 Å². The van der Waals surface area contributed by atoms with E-state index in [1.165, 1.54) is 43.9 Å². The molecule has 2 aromatic carbocycles. The normalized spacial score (nSPS) is 12.3. The van der Waals surface area contributed by atoms with Gasteiger partial charge in [-0.05, 0) is 74.6 Å². The van der Waals surface area contributed by atoms with Crippen LogP contribution in [0.2, 0.25) is 0 Å². The Bertz CT molecular complexity index is 1550. The van der Waals surface area contributed by atoms with E-state index in [4.69, 9.17) is 18.9 Å².